The van der Waals surface area contributed by atoms with Crippen LogP contribution in [0.3, 0.4) is 0 Å². The van der Waals surface area contributed by atoms with Crippen LogP contribution in [0.25, 0.3) is 0 Å². The number of rotatable bonds is 14. The minimum atomic E-state index is -0.644. The second-order valence-electron chi connectivity index (χ2n) is 8.55. The molecule has 0 radical (unpaired) electrons. The van der Waals surface area contributed by atoms with Crippen molar-refractivity contribution in [2.75, 3.05) is 31.7 Å². The van der Waals surface area contributed by atoms with Crippen LogP contribution < -0.4 is 25.5 Å². The molecule has 0 bridgehead atoms. The van der Waals surface area contributed by atoms with Crippen LogP contribution in [0.1, 0.15) is 46.5 Å². The number of ether oxygens (including phenoxy) is 3. The summed E-state index contributed by atoms with van der Waals surface area (Å²) in [5.41, 5.74) is 3.71. The van der Waals surface area contributed by atoms with Gasteiger partial charge in [-0.2, -0.15) is 5.10 Å². The Balaban J connectivity index is 1.47. The highest BCUT2D eigenvalue weighted by molar-refractivity contribution is 5.95. The van der Waals surface area contributed by atoms with E-state index in [4.69, 9.17) is 14.2 Å². The Kier molecular flexibility index (Phi) is 12.0. The highest BCUT2D eigenvalue weighted by atomic mass is 19.1. The van der Waals surface area contributed by atoms with Crippen molar-refractivity contribution >= 4 is 35.6 Å². The first kappa shape index (κ1) is 31.3. The van der Waals surface area contributed by atoms with Gasteiger partial charge in [0.05, 0.1) is 30.6 Å². The third-order valence-corrected chi connectivity index (χ3v) is 5.47. The molecule has 42 heavy (non-hydrogen) atoms. The smallest absolute Gasteiger partial charge is 0.338 e. The maximum Gasteiger partial charge on any atom is 0.338 e. The molecule has 0 aliphatic heterocycles. The fraction of sp³-hybridized carbons (Fsp3) is 0.233. The van der Waals surface area contributed by atoms with Crippen LogP contribution in [0.4, 0.5) is 10.1 Å². The summed E-state index contributed by atoms with van der Waals surface area (Å²) >= 11 is 0. The van der Waals surface area contributed by atoms with E-state index in [2.05, 4.69) is 21.2 Å². The lowest BCUT2D eigenvalue weighted by Crippen LogP contribution is -2.29. The van der Waals surface area contributed by atoms with E-state index < -0.39 is 29.5 Å². The van der Waals surface area contributed by atoms with Crippen LogP contribution in [0.15, 0.2) is 71.8 Å². The molecule has 0 fully saturated rings. The maximum atomic E-state index is 13.7. The number of halogens is 1. The third kappa shape index (κ3) is 9.73. The highest BCUT2D eigenvalue weighted by Gasteiger charge is 2.12. The van der Waals surface area contributed by atoms with Gasteiger partial charge in [-0.3, -0.25) is 14.4 Å². The molecule has 0 saturated heterocycles. The Morgan fingerprint density at radius 2 is 1.64 bits per heavy atom. The van der Waals surface area contributed by atoms with Gasteiger partial charge in [0.1, 0.15) is 5.82 Å². The molecule has 0 saturated carbocycles. The predicted molar refractivity (Wildman–Crippen MR) is 153 cm³/mol. The van der Waals surface area contributed by atoms with E-state index in [1.54, 1.807) is 62.4 Å². The van der Waals surface area contributed by atoms with Gasteiger partial charge in [0.25, 0.3) is 11.8 Å². The van der Waals surface area contributed by atoms with Crippen molar-refractivity contribution < 1.29 is 37.8 Å². The lowest BCUT2D eigenvalue weighted by Gasteiger charge is -2.13. The summed E-state index contributed by atoms with van der Waals surface area (Å²) in [6.07, 6.45) is 1.33. The molecule has 3 rings (SSSR count). The fourth-order valence-corrected chi connectivity index (χ4v) is 3.50. The number of hydrogen-bond acceptors (Lipinski definition) is 8. The molecule has 0 aliphatic rings. The Hall–Kier alpha value is -5.26. The second kappa shape index (κ2) is 16.1. The first-order valence-electron chi connectivity index (χ1n) is 13.1. The van der Waals surface area contributed by atoms with E-state index in [1.165, 1.54) is 24.4 Å². The van der Waals surface area contributed by atoms with E-state index in [0.717, 1.165) is 0 Å². The molecule has 3 N–H and O–H groups in total. The highest BCUT2D eigenvalue weighted by Crippen LogP contribution is 2.28. The summed E-state index contributed by atoms with van der Waals surface area (Å²) in [7, 11) is 0. The van der Waals surface area contributed by atoms with Gasteiger partial charge >= 0.3 is 5.97 Å². The average molecular weight is 579 g/mol. The quantitative estimate of drug-likeness (QED) is 0.150. The molecule has 220 valence electrons. The Bertz CT molecular complexity index is 1430. The second-order valence-corrected chi connectivity index (χ2v) is 8.55. The van der Waals surface area contributed by atoms with Crippen LogP contribution in [0.5, 0.6) is 11.5 Å². The lowest BCUT2D eigenvalue weighted by molar-refractivity contribution is -0.121. The fourth-order valence-electron chi connectivity index (χ4n) is 3.50. The number of hydrogen-bond donors (Lipinski definition) is 3. The summed E-state index contributed by atoms with van der Waals surface area (Å²) in [6.45, 7) is 3.83. The molecule has 3 aromatic rings. The van der Waals surface area contributed by atoms with Crippen LogP contribution in [0.2, 0.25) is 0 Å². The zero-order chi connectivity index (χ0) is 30.3. The molecule has 0 unspecified atom stereocenters. The minimum absolute atomic E-state index is 0.00151. The van der Waals surface area contributed by atoms with E-state index >= 15 is 0 Å². The normalized spacial score (nSPS) is 10.5. The predicted octanol–water partition coefficient (Wildman–Crippen LogP) is 3.69. The summed E-state index contributed by atoms with van der Waals surface area (Å²) in [4.78, 5) is 48.2. The SMILES string of the molecule is CCOC(=O)c1ccc(NC(=O)COc2ccc(C=NNC(=O)CCNC(=O)c3ccccc3F)cc2OCC)cc1. The van der Waals surface area contributed by atoms with Crippen LogP contribution in [-0.2, 0) is 14.3 Å². The third-order valence-electron chi connectivity index (χ3n) is 5.47. The summed E-state index contributed by atoms with van der Waals surface area (Å²) in [5, 5.41) is 9.07. The summed E-state index contributed by atoms with van der Waals surface area (Å²) < 4.78 is 29.8. The molecule has 0 atom stereocenters. The molecule has 11 nitrogen and oxygen atoms in total. The Labute approximate surface area is 242 Å². The molecule has 0 heterocycles. The van der Waals surface area contributed by atoms with Crippen molar-refractivity contribution in [1.82, 2.24) is 10.7 Å². The molecular weight excluding hydrogens is 547 g/mol. The Morgan fingerprint density at radius 3 is 2.36 bits per heavy atom. The molecule has 0 spiro atoms. The molecule has 12 heteroatoms. The van der Waals surface area contributed by atoms with Gasteiger partial charge in [0, 0.05) is 18.7 Å². The maximum absolute atomic E-state index is 13.7. The van der Waals surface area contributed by atoms with Crippen LogP contribution in [0, 0.1) is 5.82 Å². The molecule has 0 aromatic heterocycles. The zero-order valence-corrected chi connectivity index (χ0v) is 23.1. The number of hydrazone groups is 1. The van der Waals surface area contributed by atoms with E-state index in [9.17, 15) is 23.6 Å². The van der Waals surface area contributed by atoms with Gasteiger partial charge in [0.15, 0.2) is 18.1 Å². The monoisotopic (exact) mass is 578 g/mol. The number of benzene rings is 3. The van der Waals surface area contributed by atoms with E-state index in [-0.39, 0.29) is 31.7 Å². The van der Waals surface area contributed by atoms with Crippen LogP contribution in [-0.4, -0.2) is 56.3 Å². The standard InChI is InChI=1S/C30H31FN4O7/c1-3-40-26-17-20(18-33-35-27(36)15-16-32-29(38)23-7-5-6-8-24(23)31)9-14-25(26)42-19-28(37)34-22-12-10-21(11-13-22)30(39)41-4-2/h5-14,17-18H,3-4,15-16,19H2,1-2H3,(H,32,38)(H,34,37)(H,35,36). The Morgan fingerprint density at radius 1 is 0.881 bits per heavy atom. The zero-order valence-electron chi connectivity index (χ0n) is 23.1. The molecule has 3 amide bonds. The summed E-state index contributed by atoms with van der Waals surface area (Å²) in [6, 6.07) is 16.7. The number of carbonyl (C=O) groups excluding carboxylic acids is 4. The number of carbonyl (C=O) groups is 4. The largest absolute Gasteiger partial charge is 0.490 e. The number of nitrogens with zero attached hydrogens (tertiary/aromatic N) is 1. The average Bonchev–Trinajstić information content (AvgIpc) is 2.97. The van der Waals surface area contributed by atoms with Gasteiger partial charge in [0.2, 0.25) is 5.91 Å². The number of anilines is 1. The first-order chi connectivity index (χ1) is 20.3. The first-order valence-corrected chi connectivity index (χ1v) is 13.1. The van der Waals surface area contributed by atoms with Gasteiger partial charge < -0.3 is 24.8 Å². The minimum Gasteiger partial charge on any atom is -0.490 e. The lowest BCUT2D eigenvalue weighted by atomic mass is 10.2. The van der Waals surface area contributed by atoms with Crippen LogP contribution >= 0.6 is 0 Å². The number of nitrogens with one attached hydrogen (secondary N) is 3. The van der Waals surface area contributed by atoms with Gasteiger partial charge in [-0.05, 0) is 74.0 Å². The topological polar surface area (TPSA) is 144 Å². The number of amides is 3. The van der Waals surface area contributed by atoms with Gasteiger partial charge in [-0.25, -0.2) is 14.6 Å². The van der Waals surface area contributed by atoms with Crippen molar-refractivity contribution in [2.45, 2.75) is 20.3 Å². The van der Waals surface area contributed by atoms with Crippen molar-refractivity contribution in [2.24, 2.45) is 5.10 Å². The molecule has 0 aliphatic carbocycles. The number of esters is 1. The molecule has 3 aromatic carbocycles. The van der Waals surface area contributed by atoms with Crippen molar-refractivity contribution in [3.63, 3.8) is 0 Å². The summed E-state index contributed by atoms with van der Waals surface area (Å²) in [5.74, 6) is -1.87. The van der Waals surface area contributed by atoms with Crippen molar-refractivity contribution in [3.8, 4) is 11.5 Å². The van der Waals surface area contributed by atoms with Crippen molar-refractivity contribution in [1.29, 1.82) is 0 Å². The van der Waals surface area contributed by atoms with E-state index in [1.807, 2.05) is 0 Å². The molecular formula is C30H31FN4O7. The van der Waals surface area contributed by atoms with Gasteiger partial charge in [-0.1, -0.05) is 12.1 Å². The van der Waals surface area contributed by atoms with Crippen molar-refractivity contribution in [3.05, 3.63) is 89.2 Å². The van der Waals surface area contributed by atoms with E-state index in [0.29, 0.717) is 34.9 Å². The van der Waals surface area contributed by atoms with Gasteiger partial charge in [-0.15, -0.1) is 0 Å².